The predicted molar refractivity (Wildman–Crippen MR) is 88.5 cm³/mol. The van der Waals surface area contributed by atoms with Crippen LogP contribution in [0.25, 0.3) is 0 Å². The second-order valence-electron chi connectivity index (χ2n) is 8.23. The van der Waals surface area contributed by atoms with Crippen molar-refractivity contribution in [1.82, 2.24) is 9.47 Å². The molecule has 120 valence electrons. The first-order valence-electron chi connectivity index (χ1n) is 8.22. The Hall–Kier alpha value is -0.800. The third-order valence-electron chi connectivity index (χ3n) is 4.52. The van der Waals surface area contributed by atoms with Crippen LogP contribution in [0.15, 0.2) is 12.3 Å². The van der Waals surface area contributed by atoms with E-state index in [0.29, 0.717) is 12.0 Å². The number of rotatable bonds is 5. The first kappa shape index (κ1) is 16.6. The normalized spacial score (nSPS) is 22.6. The van der Waals surface area contributed by atoms with E-state index >= 15 is 0 Å². The third kappa shape index (κ3) is 3.89. The van der Waals surface area contributed by atoms with Gasteiger partial charge in [0, 0.05) is 30.0 Å². The maximum absolute atomic E-state index is 10.4. The lowest BCUT2D eigenvalue weighted by atomic mass is 9.75. The summed E-state index contributed by atoms with van der Waals surface area (Å²) in [5.41, 5.74) is 2.69. The fraction of sp³-hybridized carbons (Fsp3) is 0.778. The molecule has 0 saturated carbocycles. The molecule has 1 aliphatic carbocycles. The van der Waals surface area contributed by atoms with Crippen molar-refractivity contribution in [2.24, 2.45) is 11.3 Å². The fourth-order valence-electron chi connectivity index (χ4n) is 3.74. The van der Waals surface area contributed by atoms with Gasteiger partial charge in [0.25, 0.3) is 0 Å². The van der Waals surface area contributed by atoms with Crippen molar-refractivity contribution in [3.8, 4) is 0 Å². The average Bonchev–Trinajstić information content (AvgIpc) is 2.68. The number of aliphatic hydroxyl groups is 1. The van der Waals surface area contributed by atoms with Crippen molar-refractivity contribution < 1.29 is 5.11 Å². The first-order valence-corrected chi connectivity index (χ1v) is 8.22. The molecular weight excluding hydrogens is 260 g/mol. The standard InChI is InChI=1S/C18H32N2O/c1-13(2)9-14(12-19(5)6)20-8-7-15-16(20)10-18(3,4)11-17(15)21/h7-8,13-14,17,21H,9-12H2,1-6H3. The molecule has 2 unspecified atom stereocenters. The van der Waals surface area contributed by atoms with E-state index < -0.39 is 0 Å². The van der Waals surface area contributed by atoms with Crippen molar-refractivity contribution in [2.75, 3.05) is 20.6 Å². The molecule has 0 bridgehead atoms. The predicted octanol–water partition coefficient (Wildman–Crippen LogP) is 3.64. The number of aromatic nitrogens is 1. The largest absolute Gasteiger partial charge is 0.388 e. The Labute approximate surface area is 130 Å². The van der Waals surface area contributed by atoms with Gasteiger partial charge in [0.05, 0.1) is 6.10 Å². The highest BCUT2D eigenvalue weighted by Crippen LogP contribution is 2.42. The number of likely N-dealkylation sites (N-methyl/N-ethyl adjacent to an activating group) is 1. The van der Waals surface area contributed by atoms with E-state index in [-0.39, 0.29) is 11.5 Å². The quantitative estimate of drug-likeness (QED) is 0.897. The van der Waals surface area contributed by atoms with E-state index in [1.165, 1.54) is 12.1 Å². The summed E-state index contributed by atoms with van der Waals surface area (Å²) in [5, 5.41) is 10.4. The van der Waals surface area contributed by atoms with Crippen LogP contribution in [0.4, 0.5) is 0 Å². The van der Waals surface area contributed by atoms with Crippen LogP contribution >= 0.6 is 0 Å². The number of aliphatic hydroxyl groups excluding tert-OH is 1. The highest BCUT2D eigenvalue weighted by molar-refractivity contribution is 5.29. The molecule has 0 radical (unpaired) electrons. The summed E-state index contributed by atoms with van der Waals surface area (Å²) in [6, 6.07) is 2.63. The Bertz CT molecular complexity index is 464. The summed E-state index contributed by atoms with van der Waals surface area (Å²) < 4.78 is 2.44. The van der Waals surface area contributed by atoms with Crippen LogP contribution in [0.5, 0.6) is 0 Å². The average molecular weight is 292 g/mol. The van der Waals surface area contributed by atoms with E-state index in [4.69, 9.17) is 0 Å². The number of hydrogen-bond acceptors (Lipinski definition) is 2. The van der Waals surface area contributed by atoms with Gasteiger partial charge in [-0.2, -0.15) is 0 Å². The van der Waals surface area contributed by atoms with E-state index in [2.05, 4.69) is 63.5 Å². The maximum atomic E-state index is 10.4. The van der Waals surface area contributed by atoms with Gasteiger partial charge < -0.3 is 14.6 Å². The zero-order valence-corrected chi connectivity index (χ0v) is 14.6. The van der Waals surface area contributed by atoms with E-state index in [9.17, 15) is 5.11 Å². The van der Waals surface area contributed by atoms with Crippen LogP contribution in [-0.4, -0.2) is 35.2 Å². The lowest BCUT2D eigenvalue weighted by Gasteiger charge is -2.36. The van der Waals surface area contributed by atoms with Crippen molar-refractivity contribution >= 4 is 0 Å². The summed E-state index contributed by atoms with van der Waals surface area (Å²) in [6.45, 7) is 10.2. The maximum Gasteiger partial charge on any atom is 0.0812 e. The van der Waals surface area contributed by atoms with E-state index in [1.807, 2.05) is 0 Å². The minimum absolute atomic E-state index is 0.184. The lowest BCUT2D eigenvalue weighted by molar-refractivity contribution is 0.0968. The molecule has 0 fully saturated rings. The van der Waals surface area contributed by atoms with Gasteiger partial charge in [-0.3, -0.25) is 0 Å². The van der Waals surface area contributed by atoms with Gasteiger partial charge >= 0.3 is 0 Å². The Balaban J connectivity index is 2.34. The van der Waals surface area contributed by atoms with E-state index in [1.54, 1.807) is 0 Å². The topological polar surface area (TPSA) is 28.4 Å². The molecule has 2 rings (SSSR count). The molecule has 0 saturated heterocycles. The SMILES string of the molecule is CC(C)CC(CN(C)C)n1ccc2c1CC(C)(C)CC2O. The molecule has 1 heterocycles. The van der Waals surface area contributed by atoms with Gasteiger partial charge in [-0.25, -0.2) is 0 Å². The van der Waals surface area contributed by atoms with Gasteiger partial charge in [0.15, 0.2) is 0 Å². The Kier molecular flexibility index (Phi) is 4.84. The second-order valence-corrected chi connectivity index (χ2v) is 8.23. The zero-order valence-electron chi connectivity index (χ0n) is 14.6. The third-order valence-corrected chi connectivity index (χ3v) is 4.52. The van der Waals surface area contributed by atoms with Crippen molar-refractivity contribution in [3.05, 3.63) is 23.5 Å². The van der Waals surface area contributed by atoms with Gasteiger partial charge in [-0.15, -0.1) is 0 Å². The van der Waals surface area contributed by atoms with Crippen LogP contribution in [0.1, 0.15) is 63.9 Å². The monoisotopic (exact) mass is 292 g/mol. The molecule has 1 aromatic heterocycles. The molecule has 0 spiro atoms. The second kappa shape index (κ2) is 6.13. The fourth-order valence-corrected chi connectivity index (χ4v) is 3.74. The molecule has 0 aromatic carbocycles. The Morgan fingerprint density at radius 1 is 1.38 bits per heavy atom. The Morgan fingerprint density at radius 3 is 2.62 bits per heavy atom. The number of hydrogen-bond donors (Lipinski definition) is 1. The highest BCUT2D eigenvalue weighted by Gasteiger charge is 2.34. The van der Waals surface area contributed by atoms with E-state index in [0.717, 1.165) is 24.9 Å². The van der Waals surface area contributed by atoms with Crippen molar-refractivity contribution in [2.45, 2.75) is 59.1 Å². The summed E-state index contributed by atoms with van der Waals surface area (Å²) in [4.78, 5) is 2.27. The zero-order chi connectivity index (χ0) is 15.8. The van der Waals surface area contributed by atoms with Gasteiger partial charge in [-0.1, -0.05) is 27.7 Å². The molecular formula is C18H32N2O. The molecule has 3 heteroatoms. The smallest absolute Gasteiger partial charge is 0.0812 e. The summed E-state index contributed by atoms with van der Waals surface area (Å²) in [7, 11) is 4.28. The minimum atomic E-state index is -0.302. The number of fused-ring (bicyclic) bond motifs is 1. The first-order chi connectivity index (χ1) is 9.69. The van der Waals surface area contributed by atoms with Crippen molar-refractivity contribution in [1.29, 1.82) is 0 Å². The van der Waals surface area contributed by atoms with Crippen LogP contribution in [0.3, 0.4) is 0 Å². The minimum Gasteiger partial charge on any atom is -0.388 e. The molecule has 3 nitrogen and oxygen atoms in total. The van der Waals surface area contributed by atoms with Crippen LogP contribution in [-0.2, 0) is 6.42 Å². The lowest BCUT2D eigenvalue weighted by Crippen LogP contribution is -2.31. The van der Waals surface area contributed by atoms with Crippen LogP contribution in [0, 0.1) is 11.3 Å². The van der Waals surface area contributed by atoms with Crippen LogP contribution in [0.2, 0.25) is 0 Å². The van der Waals surface area contributed by atoms with Gasteiger partial charge in [0.2, 0.25) is 0 Å². The van der Waals surface area contributed by atoms with Gasteiger partial charge in [0.1, 0.15) is 0 Å². The number of nitrogens with zero attached hydrogens (tertiary/aromatic N) is 2. The summed E-state index contributed by atoms with van der Waals surface area (Å²) in [6.07, 6.45) is 5.01. The summed E-state index contributed by atoms with van der Waals surface area (Å²) in [5.74, 6) is 0.675. The molecule has 1 aromatic rings. The Morgan fingerprint density at radius 2 is 2.05 bits per heavy atom. The van der Waals surface area contributed by atoms with Gasteiger partial charge in [-0.05, 0) is 50.8 Å². The van der Waals surface area contributed by atoms with Crippen LogP contribution < -0.4 is 0 Å². The molecule has 1 aliphatic rings. The molecule has 2 atom stereocenters. The highest BCUT2D eigenvalue weighted by atomic mass is 16.3. The van der Waals surface area contributed by atoms with Crippen molar-refractivity contribution in [3.63, 3.8) is 0 Å². The molecule has 1 N–H and O–H groups in total. The molecule has 21 heavy (non-hydrogen) atoms. The summed E-state index contributed by atoms with van der Waals surface area (Å²) >= 11 is 0. The molecule has 0 amide bonds. The molecule has 0 aliphatic heterocycles.